The van der Waals surface area contributed by atoms with E-state index < -0.39 is 39.8 Å². The van der Waals surface area contributed by atoms with Crippen LogP contribution in [0.15, 0.2) is 21.5 Å². The summed E-state index contributed by atoms with van der Waals surface area (Å²) in [5, 5.41) is 8.81. The highest BCUT2D eigenvalue weighted by Crippen LogP contribution is 2.25. The van der Waals surface area contributed by atoms with Crippen LogP contribution in [0.25, 0.3) is 0 Å². The van der Waals surface area contributed by atoms with Crippen LogP contribution in [-0.2, 0) is 10.0 Å². The summed E-state index contributed by atoms with van der Waals surface area (Å²) in [6, 6.07) is 2.00. The molecule has 0 saturated heterocycles. The predicted octanol–water partition coefficient (Wildman–Crippen LogP) is 1.07. The van der Waals surface area contributed by atoms with Gasteiger partial charge < -0.3 is 10.8 Å². The van der Waals surface area contributed by atoms with E-state index in [0.29, 0.717) is 0 Å². The van der Waals surface area contributed by atoms with Crippen LogP contribution >= 0.6 is 15.9 Å². The van der Waals surface area contributed by atoms with E-state index in [0.717, 1.165) is 12.1 Å². The van der Waals surface area contributed by atoms with Crippen molar-refractivity contribution in [3.63, 3.8) is 0 Å². The van der Waals surface area contributed by atoms with Crippen LogP contribution in [0.2, 0.25) is 0 Å². The third-order valence-electron chi connectivity index (χ3n) is 2.08. The third-order valence-corrected chi connectivity index (χ3v) is 4.08. The Hall–Kier alpha value is -0.840. The van der Waals surface area contributed by atoms with E-state index in [1.807, 2.05) is 0 Å². The second kappa shape index (κ2) is 6.07. The number of sulfonamides is 1. The number of benzene rings is 1. The molecule has 0 amide bonds. The summed E-state index contributed by atoms with van der Waals surface area (Å²) in [4.78, 5) is -0.791. The molecular formula is C9H10BrF3N2O3S. The summed E-state index contributed by atoms with van der Waals surface area (Å²) in [6.45, 7) is -0.939. The lowest BCUT2D eigenvalue weighted by Crippen LogP contribution is -2.36. The van der Waals surface area contributed by atoms with Gasteiger partial charge in [-0.3, -0.25) is 0 Å². The van der Waals surface area contributed by atoms with E-state index >= 15 is 0 Å². The Morgan fingerprint density at radius 3 is 2.53 bits per heavy atom. The Kier molecular flexibility index (Phi) is 5.18. The van der Waals surface area contributed by atoms with E-state index in [4.69, 9.17) is 10.8 Å². The minimum Gasteiger partial charge on any atom is -0.399 e. The molecule has 0 aliphatic heterocycles. The Bertz CT molecular complexity index is 568. The number of nitrogens with one attached hydrogen (secondary N) is 1. The molecule has 0 heterocycles. The van der Waals surface area contributed by atoms with Crippen molar-refractivity contribution in [2.45, 2.75) is 17.4 Å². The highest BCUT2D eigenvalue weighted by molar-refractivity contribution is 9.10. The molecule has 0 spiro atoms. The average molecular weight is 363 g/mol. The van der Waals surface area contributed by atoms with Gasteiger partial charge in [-0.25, -0.2) is 26.3 Å². The highest BCUT2D eigenvalue weighted by atomic mass is 79.9. The quantitative estimate of drug-likeness (QED) is 0.683. The maximum absolute atomic E-state index is 13.6. The first-order chi connectivity index (χ1) is 8.65. The van der Waals surface area contributed by atoms with Gasteiger partial charge in [-0.05, 0) is 28.1 Å². The van der Waals surface area contributed by atoms with E-state index in [1.165, 1.54) is 0 Å². The molecule has 1 aromatic rings. The molecule has 0 saturated carbocycles. The first-order valence-corrected chi connectivity index (χ1v) is 7.13. The molecule has 0 aliphatic carbocycles. The van der Waals surface area contributed by atoms with Gasteiger partial charge in [-0.1, -0.05) is 0 Å². The van der Waals surface area contributed by atoms with E-state index in [9.17, 15) is 21.6 Å². The standard InChI is InChI=1S/C9H10BrF3N2O3S/c10-5-1-4(14)2-7(8(5)11)19(17,18)15-3-6(16)9(12)13/h1-2,6,9,15-16H,3,14H2. The number of hydrogen-bond donors (Lipinski definition) is 3. The van der Waals surface area contributed by atoms with Crippen molar-refractivity contribution in [1.82, 2.24) is 4.72 Å². The topological polar surface area (TPSA) is 92.4 Å². The molecule has 108 valence electrons. The second-order valence-electron chi connectivity index (χ2n) is 3.57. The van der Waals surface area contributed by atoms with Gasteiger partial charge in [0.25, 0.3) is 6.43 Å². The Morgan fingerprint density at radius 1 is 1.42 bits per heavy atom. The van der Waals surface area contributed by atoms with Gasteiger partial charge >= 0.3 is 0 Å². The SMILES string of the molecule is Nc1cc(Br)c(F)c(S(=O)(=O)NCC(O)C(F)F)c1. The lowest BCUT2D eigenvalue weighted by atomic mass is 10.3. The van der Waals surface area contributed by atoms with Crippen molar-refractivity contribution < 1.29 is 26.7 Å². The monoisotopic (exact) mass is 362 g/mol. The molecular weight excluding hydrogens is 353 g/mol. The minimum absolute atomic E-state index is 0.0249. The van der Waals surface area contributed by atoms with Crippen LogP contribution in [0.4, 0.5) is 18.9 Å². The van der Waals surface area contributed by atoms with Crippen molar-refractivity contribution in [1.29, 1.82) is 0 Å². The molecule has 1 atom stereocenters. The van der Waals surface area contributed by atoms with Crippen molar-refractivity contribution >= 4 is 31.6 Å². The fraction of sp³-hybridized carbons (Fsp3) is 0.333. The van der Waals surface area contributed by atoms with Crippen LogP contribution in [0.3, 0.4) is 0 Å². The lowest BCUT2D eigenvalue weighted by molar-refractivity contribution is -0.000456. The van der Waals surface area contributed by atoms with Gasteiger partial charge in [0.05, 0.1) is 4.47 Å². The fourth-order valence-electron chi connectivity index (χ4n) is 1.14. The van der Waals surface area contributed by atoms with Crippen LogP contribution in [0, 0.1) is 5.82 Å². The molecule has 1 rings (SSSR count). The zero-order valence-electron chi connectivity index (χ0n) is 9.28. The molecule has 1 aromatic carbocycles. The number of hydrogen-bond acceptors (Lipinski definition) is 4. The maximum Gasteiger partial charge on any atom is 0.265 e. The molecule has 0 aliphatic rings. The van der Waals surface area contributed by atoms with Gasteiger partial charge in [-0.15, -0.1) is 0 Å². The smallest absolute Gasteiger partial charge is 0.265 e. The van der Waals surface area contributed by atoms with Crippen molar-refractivity contribution in [3.05, 3.63) is 22.4 Å². The number of rotatable bonds is 5. The number of aliphatic hydroxyl groups is 1. The highest BCUT2D eigenvalue weighted by Gasteiger charge is 2.24. The lowest BCUT2D eigenvalue weighted by Gasteiger charge is -2.12. The summed E-state index contributed by atoms with van der Waals surface area (Å²) in [7, 11) is -4.39. The number of anilines is 1. The van der Waals surface area contributed by atoms with E-state index in [2.05, 4.69) is 15.9 Å². The first kappa shape index (κ1) is 16.2. The first-order valence-electron chi connectivity index (χ1n) is 4.85. The normalized spacial score (nSPS) is 13.8. The zero-order valence-corrected chi connectivity index (χ0v) is 11.7. The number of halogens is 4. The van der Waals surface area contributed by atoms with Crippen LogP contribution in [0.1, 0.15) is 0 Å². The molecule has 0 fully saturated rings. The van der Waals surface area contributed by atoms with Gasteiger partial charge in [0.2, 0.25) is 10.0 Å². The van der Waals surface area contributed by atoms with Crippen molar-refractivity contribution in [3.8, 4) is 0 Å². The van der Waals surface area contributed by atoms with Gasteiger partial charge in [0, 0.05) is 12.2 Å². The number of nitrogen functional groups attached to an aromatic ring is 1. The van der Waals surface area contributed by atoms with Crippen LogP contribution in [-0.4, -0.2) is 32.6 Å². The number of aliphatic hydroxyl groups excluding tert-OH is 1. The Balaban J connectivity index is 3.01. The minimum atomic E-state index is -4.39. The summed E-state index contributed by atoms with van der Waals surface area (Å²) >= 11 is 2.78. The predicted molar refractivity (Wildman–Crippen MR) is 65.7 cm³/mol. The average Bonchev–Trinajstić information content (AvgIpc) is 2.30. The summed E-state index contributed by atoms with van der Waals surface area (Å²) < 4.78 is 62.6. The molecule has 5 nitrogen and oxygen atoms in total. The number of alkyl halides is 2. The molecule has 0 aromatic heterocycles. The van der Waals surface area contributed by atoms with Crippen LogP contribution < -0.4 is 10.5 Å². The third kappa shape index (κ3) is 4.06. The molecule has 0 bridgehead atoms. The Morgan fingerprint density at radius 2 is 2.00 bits per heavy atom. The molecule has 19 heavy (non-hydrogen) atoms. The zero-order chi connectivity index (χ0) is 14.8. The molecule has 10 heteroatoms. The van der Waals surface area contributed by atoms with E-state index in [-0.39, 0.29) is 10.2 Å². The fourth-order valence-corrected chi connectivity index (χ4v) is 2.93. The summed E-state index contributed by atoms with van der Waals surface area (Å²) in [5.41, 5.74) is 5.35. The van der Waals surface area contributed by atoms with E-state index in [1.54, 1.807) is 4.72 Å². The molecule has 4 N–H and O–H groups in total. The second-order valence-corrected chi connectivity index (χ2v) is 6.16. The Labute approximate surface area is 115 Å². The van der Waals surface area contributed by atoms with Gasteiger partial charge in [0.1, 0.15) is 11.0 Å². The largest absolute Gasteiger partial charge is 0.399 e. The molecule has 0 radical (unpaired) electrons. The molecule has 1 unspecified atom stereocenters. The van der Waals surface area contributed by atoms with Gasteiger partial charge in [0.15, 0.2) is 5.82 Å². The summed E-state index contributed by atoms with van der Waals surface area (Å²) in [6.07, 6.45) is -5.29. The number of nitrogens with two attached hydrogens (primary N) is 1. The van der Waals surface area contributed by atoms with Crippen molar-refractivity contribution in [2.75, 3.05) is 12.3 Å². The van der Waals surface area contributed by atoms with Crippen molar-refractivity contribution in [2.24, 2.45) is 0 Å². The summed E-state index contributed by atoms with van der Waals surface area (Å²) in [5.74, 6) is -1.10. The van der Waals surface area contributed by atoms with Crippen LogP contribution in [0.5, 0.6) is 0 Å². The maximum atomic E-state index is 13.6. The van der Waals surface area contributed by atoms with Gasteiger partial charge in [-0.2, -0.15) is 0 Å².